The fourth-order valence-electron chi connectivity index (χ4n) is 1.70. The van der Waals surface area contributed by atoms with E-state index in [0.29, 0.717) is 17.7 Å². The lowest BCUT2D eigenvalue weighted by molar-refractivity contribution is 0.0955. The minimum Gasteiger partial charge on any atom is -0.494 e. The molecule has 4 nitrogen and oxygen atoms in total. The number of halogens is 1. The van der Waals surface area contributed by atoms with E-state index in [9.17, 15) is 9.18 Å². The summed E-state index contributed by atoms with van der Waals surface area (Å²) in [6.45, 7) is 2.68. The normalized spacial score (nSPS) is 10.6. The van der Waals surface area contributed by atoms with Gasteiger partial charge in [-0.15, -0.1) is 0 Å². The molecule has 0 saturated carbocycles. The predicted octanol–water partition coefficient (Wildman–Crippen LogP) is 3.38. The first-order chi connectivity index (χ1) is 10.7. The van der Waals surface area contributed by atoms with Crippen molar-refractivity contribution in [2.24, 2.45) is 5.10 Å². The molecule has 1 N–H and O–H groups in total. The Morgan fingerprint density at radius 1 is 1.18 bits per heavy atom. The van der Waals surface area contributed by atoms with Crippen LogP contribution < -0.4 is 10.2 Å². The van der Waals surface area contributed by atoms with Crippen molar-refractivity contribution in [2.75, 3.05) is 6.61 Å². The second-order valence-corrected chi connectivity index (χ2v) is 4.62. The van der Waals surface area contributed by atoms with Crippen LogP contribution in [0.4, 0.5) is 4.39 Å². The van der Waals surface area contributed by atoms with E-state index in [1.54, 1.807) is 36.4 Å². The van der Waals surface area contributed by atoms with Crippen LogP contribution in [0.3, 0.4) is 0 Å². The van der Waals surface area contributed by atoms with Crippen molar-refractivity contribution in [1.82, 2.24) is 5.43 Å². The maximum atomic E-state index is 12.7. The third kappa shape index (κ3) is 4.70. The zero-order valence-electron chi connectivity index (χ0n) is 12.3. The lowest BCUT2D eigenvalue weighted by atomic mass is 10.2. The third-order valence-electron chi connectivity index (χ3n) is 2.84. The molecule has 0 atom stereocenters. The monoisotopic (exact) mass is 300 g/mol. The van der Waals surface area contributed by atoms with Crippen LogP contribution in [0.1, 0.15) is 29.3 Å². The molecule has 0 heterocycles. The van der Waals surface area contributed by atoms with E-state index in [1.807, 2.05) is 6.92 Å². The molecular weight excluding hydrogens is 283 g/mol. The summed E-state index contributed by atoms with van der Waals surface area (Å²) in [5.74, 6) is 0.0974. The number of benzene rings is 2. The molecule has 2 aromatic rings. The maximum Gasteiger partial charge on any atom is 0.271 e. The summed E-state index contributed by atoms with van der Waals surface area (Å²) in [6.07, 6.45) is 2.39. The number of ether oxygens (including phenoxy) is 1. The number of amides is 1. The molecular formula is C17H17FN2O2. The van der Waals surface area contributed by atoms with Gasteiger partial charge in [0.2, 0.25) is 0 Å². The smallest absolute Gasteiger partial charge is 0.271 e. The second kappa shape index (κ2) is 7.93. The zero-order valence-corrected chi connectivity index (χ0v) is 12.3. The van der Waals surface area contributed by atoms with Gasteiger partial charge in [0.25, 0.3) is 5.91 Å². The van der Waals surface area contributed by atoms with Gasteiger partial charge < -0.3 is 4.74 Å². The molecule has 2 rings (SSSR count). The lowest BCUT2D eigenvalue weighted by Gasteiger charge is -2.05. The summed E-state index contributed by atoms with van der Waals surface area (Å²) in [5, 5.41) is 3.84. The fraction of sp³-hybridized carbons (Fsp3) is 0.176. The number of rotatable bonds is 6. The topological polar surface area (TPSA) is 50.7 Å². The molecule has 0 aliphatic rings. The molecule has 5 heteroatoms. The summed E-state index contributed by atoms with van der Waals surface area (Å²) < 4.78 is 18.2. The van der Waals surface area contributed by atoms with Crippen molar-refractivity contribution in [3.05, 3.63) is 65.5 Å². The number of hydrogen-bond donors (Lipinski definition) is 1. The van der Waals surface area contributed by atoms with E-state index in [1.165, 1.54) is 18.3 Å². The minimum absolute atomic E-state index is 0.313. The summed E-state index contributed by atoms with van der Waals surface area (Å²) >= 11 is 0. The third-order valence-corrected chi connectivity index (χ3v) is 2.84. The Bertz CT molecular complexity index is 637. The highest BCUT2D eigenvalue weighted by Crippen LogP contribution is 2.12. The van der Waals surface area contributed by atoms with Crippen LogP contribution in [0, 0.1) is 5.82 Å². The van der Waals surface area contributed by atoms with Crippen molar-refractivity contribution in [1.29, 1.82) is 0 Å². The largest absolute Gasteiger partial charge is 0.494 e. The molecule has 114 valence electrons. The van der Waals surface area contributed by atoms with Crippen molar-refractivity contribution >= 4 is 12.1 Å². The second-order valence-electron chi connectivity index (χ2n) is 4.62. The Labute approximate surface area is 128 Å². The minimum atomic E-state index is -0.319. The molecule has 0 saturated heterocycles. The van der Waals surface area contributed by atoms with Crippen LogP contribution in [0.15, 0.2) is 53.6 Å². The van der Waals surface area contributed by atoms with Crippen LogP contribution in [0.5, 0.6) is 5.75 Å². The van der Waals surface area contributed by atoms with Crippen LogP contribution in [-0.4, -0.2) is 18.7 Å². The Balaban J connectivity index is 1.90. The van der Waals surface area contributed by atoms with E-state index in [2.05, 4.69) is 10.5 Å². The molecule has 2 aromatic carbocycles. The number of carbonyl (C=O) groups is 1. The number of hydrogen-bond acceptors (Lipinski definition) is 3. The fourth-order valence-corrected chi connectivity index (χ4v) is 1.70. The van der Waals surface area contributed by atoms with Crippen LogP contribution in [0.25, 0.3) is 0 Å². The highest BCUT2D eigenvalue weighted by Gasteiger charge is 2.04. The Hall–Kier alpha value is -2.69. The van der Waals surface area contributed by atoms with E-state index in [0.717, 1.165) is 12.2 Å². The summed E-state index contributed by atoms with van der Waals surface area (Å²) in [6, 6.07) is 12.6. The average molecular weight is 300 g/mol. The number of nitrogens with zero attached hydrogens (tertiary/aromatic N) is 1. The molecule has 1 amide bonds. The number of nitrogens with one attached hydrogen (secondary N) is 1. The van der Waals surface area contributed by atoms with Crippen LogP contribution in [-0.2, 0) is 0 Å². The van der Waals surface area contributed by atoms with Gasteiger partial charge in [0.1, 0.15) is 11.6 Å². The highest BCUT2D eigenvalue weighted by molar-refractivity contribution is 5.94. The van der Waals surface area contributed by atoms with Crippen molar-refractivity contribution in [2.45, 2.75) is 13.3 Å². The summed E-state index contributed by atoms with van der Waals surface area (Å²) in [7, 11) is 0. The molecule has 0 spiro atoms. The number of carbonyl (C=O) groups excluding carboxylic acids is 1. The first-order valence-electron chi connectivity index (χ1n) is 7.01. The SMILES string of the molecule is CCCOc1ccc(C(=O)N/N=C/c2ccc(F)cc2)cc1. The molecule has 0 aliphatic carbocycles. The average Bonchev–Trinajstić information content (AvgIpc) is 2.55. The van der Waals surface area contributed by atoms with Gasteiger partial charge in [-0.25, -0.2) is 9.82 Å². The first-order valence-corrected chi connectivity index (χ1v) is 7.01. The van der Waals surface area contributed by atoms with Gasteiger partial charge in [0.05, 0.1) is 12.8 Å². The molecule has 0 fully saturated rings. The van der Waals surface area contributed by atoms with Gasteiger partial charge in [-0.2, -0.15) is 5.10 Å². The zero-order chi connectivity index (χ0) is 15.8. The Morgan fingerprint density at radius 2 is 1.86 bits per heavy atom. The van der Waals surface area contributed by atoms with Crippen molar-refractivity contribution in [3.63, 3.8) is 0 Å². The quantitative estimate of drug-likeness (QED) is 0.657. The summed E-state index contributed by atoms with van der Waals surface area (Å²) in [4.78, 5) is 11.9. The highest BCUT2D eigenvalue weighted by atomic mass is 19.1. The molecule has 0 unspecified atom stereocenters. The van der Waals surface area contributed by atoms with Gasteiger partial charge >= 0.3 is 0 Å². The van der Waals surface area contributed by atoms with E-state index < -0.39 is 0 Å². The van der Waals surface area contributed by atoms with E-state index in [-0.39, 0.29) is 11.7 Å². The van der Waals surface area contributed by atoms with Crippen LogP contribution >= 0.6 is 0 Å². The maximum absolute atomic E-state index is 12.7. The van der Waals surface area contributed by atoms with Crippen LogP contribution in [0.2, 0.25) is 0 Å². The molecule has 22 heavy (non-hydrogen) atoms. The van der Waals surface area contributed by atoms with Gasteiger partial charge in [-0.1, -0.05) is 19.1 Å². The Kier molecular flexibility index (Phi) is 5.65. The van der Waals surface area contributed by atoms with E-state index in [4.69, 9.17) is 4.74 Å². The van der Waals surface area contributed by atoms with Gasteiger partial charge in [-0.3, -0.25) is 4.79 Å². The van der Waals surface area contributed by atoms with Gasteiger partial charge in [0.15, 0.2) is 0 Å². The Morgan fingerprint density at radius 3 is 2.50 bits per heavy atom. The van der Waals surface area contributed by atoms with Gasteiger partial charge in [0, 0.05) is 5.56 Å². The predicted molar refractivity (Wildman–Crippen MR) is 83.7 cm³/mol. The molecule has 0 aromatic heterocycles. The summed E-state index contributed by atoms with van der Waals surface area (Å²) in [5.41, 5.74) is 3.61. The first kappa shape index (κ1) is 15.7. The standard InChI is InChI=1S/C17H17FN2O2/c1-2-11-22-16-9-5-14(6-10-16)17(21)20-19-12-13-3-7-15(18)8-4-13/h3-10,12H,2,11H2,1H3,(H,20,21)/b19-12+. The molecule has 0 aliphatic heterocycles. The molecule has 0 bridgehead atoms. The van der Waals surface area contributed by atoms with Crippen molar-refractivity contribution < 1.29 is 13.9 Å². The molecule has 0 radical (unpaired) electrons. The van der Waals surface area contributed by atoms with E-state index >= 15 is 0 Å². The lowest BCUT2D eigenvalue weighted by Crippen LogP contribution is -2.17. The van der Waals surface area contributed by atoms with Crippen molar-refractivity contribution in [3.8, 4) is 5.75 Å². The number of hydrazone groups is 1. The van der Waals surface area contributed by atoms with Gasteiger partial charge in [-0.05, 0) is 48.4 Å².